The molecule has 24 heavy (non-hydrogen) atoms. The number of benzene rings is 1. The van der Waals surface area contributed by atoms with E-state index in [2.05, 4.69) is 21.6 Å². The van der Waals surface area contributed by atoms with Crippen molar-refractivity contribution < 1.29 is 9.21 Å². The average Bonchev–Trinajstić information content (AvgIpc) is 3.11. The molecule has 1 aromatic carbocycles. The van der Waals surface area contributed by atoms with Gasteiger partial charge in [0.15, 0.2) is 0 Å². The Hall–Kier alpha value is -3.72. The number of aromatic nitrogens is 1. The Kier molecular flexibility index (Phi) is 4.45. The Morgan fingerprint density at radius 3 is 2.88 bits per heavy atom. The van der Waals surface area contributed by atoms with Crippen molar-refractivity contribution in [2.24, 2.45) is 5.10 Å². The van der Waals surface area contributed by atoms with Crippen molar-refractivity contribution in [3.8, 4) is 17.4 Å². The van der Waals surface area contributed by atoms with Gasteiger partial charge >= 0.3 is 0 Å². The fourth-order valence-corrected chi connectivity index (χ4v) is 2.08. The van der Waals surface area contributed by atoms with E-state index >= 15 is 0 Å². The lowest BCUT2D eigenvalue weighted by molar-refractivity contribution is 0.0955. The number of furan rings is 1. The number of hydrogen-bond donors (Lipinski definition) is 1. The largest absolute Gasteiger partial charge is 0.455 e. The van der Waals surface area contributed by atoms with Crippen molar-refractivity contribution in [3.05, 3.63) is 77.8 Å². The van der Waals surface area contributed by atoms with E-state index in [1.807, 2.05) is 12.1 Å². The van der Waals surface area contributed by atoms with Crippen LogP contribution in [0.3, 0.4) is 0 Å². The van der Waals surface area contributed by atoms with Crippen molar-refractivity contribution in [1.29, 1.82) is 5.26 Å². The summed E-state index contributed by atoms with van der Waals surface area (Å²) < 4.78 is 5.64. The maximum atomic E-state index is 11.8. The van der Waals surface area contributed by atoms with E-state index in [4.69, 9.17) is 9.68 Å². The number of nitriles is 1. The van der Waals surface area contributed by atoms with E-state index in [0.29, 0.717) is 28.2 Å². The number of nitrogens with zero attached hydrogens (tertiary/aromatic N) is 3. The number of nitrogens with one attached hydrogen (secondary N) is 1. The molecule has 0 radical (unpaired) electrons. The maximum absolute atomic E-state index is 11.8. The van der Waals surface area contributed by atoms with Gasteiger partial charge in [-0.15, -0.1) is 0 Å². The third-order valence-electron chi connectivity index (χ3n) is 3.22. The smallest absolute Gasteiger partial charge is 0.272 e. The Bertz CT molecular complexity index is 923. The Balaban J connectivity index is 1.70. The van der Waals surface area contributed by atoms with Gasteiger partial charge in [0, 0.05) is 18.0 Å². The second-order valence-electron chi connectivity index (χ2n) is 4.80. The molecule has 0 aliphatic rings. The number of pyridine rings is 1. The molecule has 1 amide bonds. The van der Waals surface area contributed by atoms with Crippen molar-refractivity contribution in [1.82, 2.24) is 10.4 Å². The standard InChI is InChI=1S/C18H12N4O2/c19-10-13-4-1-2-6-16(13)17-8-7-15(24-17)12-21-22-18(23)14-5-3-9-20-11-14/h1-9,11-12H,(H,22,23). The second-order valence-corrected chi connectivity index (χ2v) is 4.80. The minimum Gasteiger partial charge on any atom is -0.455 e. The van der Waals surface area contributed by atoms with Gasteiger partial charge < -0.3 is 4.42 Å². The lowest BCUT2D eigenvalue weighted by Crippen LogP contribution is -2.17. The Labute approximate surface area is 138 Å². The summed E-state index contributed by atoms with van der Waals surface area (Å²) in [5.74, 6) is 0.664. The predicted octanol–water partition coefficient (Wildman–Crippen LogP) is 2.98. The van der Waals surface area contributed by atoms with Gasteiger partial charge in [0.2, 0.25) is 0 Å². The summed E-state index contributed by atoms with van der Waals surface area (Å²) in [4.78, 5) is 15.7. The van der Waals surface area contributed by atoms with Crippen LogP contribution in [0.5, 0.6) is 0 Å². The highest BCUT2D eigenvalue weighted by atomic mass is 16.3. The summed E-state index contributed by atoms with van der Waals surface area (Å²) in [6.45, 7) is 0. The molecule has 0 atom stereocenters. The summed E-state index contributed by atoms with van der Waals surface area (Å²) >= 11 is 0. The molecule has 1 N–H and O–H groups in total. The lowest BCUT2D eigenvalue weighted by Gasteiger charge is -1.99. The van der Waals surface area contributed by atoms with Crippen LogP contribution in [0.4, 0.5) is 0 Å². The van der Waals surface area contributed by atoms with Gasteiger partial charge in [-0.1, -0.05) is 12.1 Å². The molecule has 0 spiro atoms. The first kappa shape index (κ1) is 15.2. The fourth-order valence-electron chi connectivity index (χ4n) is 2.08. The van der Waals surface area contributed by atoms with Gasteiger partial charge in [-0.2, -0.15) is 10.4 Å². The van der Waals surface area contributed by atoms with Gasteiger partial charge in [0.1, 0.15) is 11.5 Å². The summed E-state index contributed by atoms with van der Waals surface area (Å²) in [6.07, 6.45) is 4.44. The van der Waals surface area contributed by atoms with Gasteiger partial charge in [0.25, 0.3) is 5.91 Å². The number of carbonyl (C=O) groups is 1. The zero-order valence-corrected chi connectivity index (χ0v) is 12.5. The zero-order valence-electron chi connectivity index (χ0n) is 12.5. The van der Waals surface area contributed by atoms with Gasteiger partial charge in [-0.25, -0.2) is 5.43 Å². The van der Waals surface area contributed by atoms with Gasteiger partial charge in [0.05, 0.1) is 23.4 Å². The summed E-state index contributed by atoms with van der Waals surface area (Å²) in [6, 6.07) is 16.1. The van der Waals surface area contributed by atoms with Crippen LogP contribution in [0.2, 0.25) is 0 Å². The van der Waals surface area contributed by atoms with Gasteiger partial charge in [-0.05, 0) is 36.4 Å². The number of rotatable bonds is 4. The molecule has 0 saturated heterocycles. The molecule has 0 fully saturated rings. The number of hydrogen-bond acceptors (Lipinski definition) is 5. The highest BCUT2D eigenvalue weighted by molar-refractivity contribution is 5.94. The quantitative estimate of drug-likeness (QED) is 0.591. The van der Waals surface area contributed by atoms with Crippen LogP contribution < -0.4 is 5.43 Å². The van der Waals surface area contributed by atoms with Crippen molar-refractivity contribution >= 4 is 12.1 Å². The van der Waals surface area contributed by atoms with Crippen LogP contribution in [-0.4, -0.2) is 17.1 Å². The average molecular weight is 316 g/mol. The van der Waals surface area contributed by atoms with E-state index in [1.54, 1.807) is 42.6 Å². The summed E-state index contributed by atoms with van der Waals surface area (Å²) in [5.41, 5.74) is 4.05. The highest BCUT2D eigenvalue weighted by Crippen LogP contribution is 2.24. The zero-order chi connectivity index (χ0) is 16.8. The normalized spacial score (nSPS) is 10.5. The molecule has 0 aliphatic carbocycles. The molecule has 2 aromatic heterocycles. The summed E-state index contributed by atoms with van der Waals surface area (Å²) in [7, 11) is 0. The summed E-state index contributed by atoms with van der Waals surface area (Å²) in [5, 5.41) is 13.0. The Morgan fingerprint density at radius 1 is 1.21 bits per heavy atom. The molecule has 0 bridgehead atoms. The molecule has 0 aliphatic heterocycles. The van der Waals surface area contributed by atoms with E-state index in [0.717, 1.165) is 0 Å². The molecule has 3 aromatic rings. The van der Waals surface area contributed by atoms with E-state index in [-0.39, 0.29) is 5.91 Å². The number of carbonyl (C=O) groups excluding carboxylic acids is 1. The van der Waals surface area contributed by atoms with Crippen LogP contribution >= 0.6 is 0 Å². The van der Waals surface area contributed by atoms with E-state index in [9.17, 15) is 4.79 Å². The van der Waals surface area contributed by atoms with E-state index in [1.165, 1.54) is 12.4 Å². The van der Waals surface area contributed by atoms with Crippen molar-refractivity contribution in [2.45, 2.75) is 0 Å². The molecule has 6 heteroatoms. The van der Waals surface area contributed by atoms with Crippen LogP contribution in [0.15, 0.2) is 70.4 Å². The highest BCUT2D eigenvalue weighted by Gasteiger charge is 2.08. The van der Waals surface area contributed by atoms with Gasteiger partial charge in [-0.3, -0.25) is 9.78 Å². The first-order chi connectivity index (χ1) is 11.8. The SMILES string of the molecule is N#Cc1ccccc1-c1ccc(C=NNC(=O)c2cccnc2)o1. The minimum absolute atomic E-state index is 0.360. The van der Waals surface area contributed by atoms with E-state index < -0.39 is 0 Å². The van der Waals surface area contributed by atoms with Crippen LogP contribution in [0, 0.1) is 11.3 Å². The second kappa shape index (κ2) is 7.03. The first-order valence-electron chi connectivity index (χ1n) is 7.10. The maximum Gasteiger partial charge on any atom is 0.272 e. The molecule has 2 heterocycles. The first-order valence-corrected chi connectivity index (χ1v) is 7.10. The third-order valence-corrected chi connectivity index (χ3v) is 3.22. The molecule has 3 rings (SSSR count). The molecule has 0 saturated carbocycles. The molecule has 0 unspecified atom stereocenters. The van der Waals surface area contributed by atoms with Crippen LogP contribution in [0.25, 0.3) is 11.3 Å². The van der Waals surface area contributed by atoms with Crippen LogP contribution in [-0.2, 0) is 0 Å². The molecular weight excluding hydrogens is 304 g/mol. The predicted molar refractivity (Wildman–Crippen MR) is 88.2 cm³/mol. The topological polar surface area (TPSA) is 91.3 Å². The number of hydrazone groups is 1. The monoisotopic (exact) mass is 316 g/mol. The fraction of sp³-hybridized carbons (Fsp3) is 0. The third kappa shape index (κ3) is 3.36. The molecule has 116 valence electrons. The number of amides is 1. The minimum atomic E-state index is -0.360. The molecular formula is C18H12N4O2. The lowest BCUT2D eigenvalue weighted by atomic mass is 10.1. The van der Waals surface area contributed by atoms with Crippen LogP contribution in [0.1, 0.15) is 21.7 Å². The Morgan fingerprint density at radius 2 is 2.08 bits per heavy atom. The van der Waals surface area contributed by atoms with Crippen molar-refractivity contribution in [2.75, 3.05) is 0 Å². The van der Waals surface area contributed by atoms with Crippen molar-refractivity contribution in [3.63, 3.8) is 0 Å². The molecule has 6 nitrogen and oxygen atoms in total.